The van der Waals surface area contributed by atoms with Crippen molar-refractivity contribution < 1.29 is 4.74 Å². The zero-order chi connectivity index (χ0) is 18.2. The average Bonchev–Trinajstić information content (AvgIpc) is 3.04. The van der Waals surface area contributed by atoms with Crippen molar-refractivity contribution in [1.82, 2.24) is 9.78 Å². The van der Waals surface area contributed by atoms with E-state index in [1.54, 1.807) is 10.8 Å². The SMILES string of the molecule is CCCn1[nH]c(C(C)(C)C)c(C=C=C2Oc3ccccc3N2C)c1=O. The molecular weight excluding hydrogens is 314 g/mol. The molecule has 0 bridgehead atoms. The summed E-state index contributed by atoms with van der Waals surface area (Å²) in [7, 11) is 1.93. The molecule has 1 aromatic carbocycles. The number of aryl methyl sites for hydroxylation is 1. The Morgan fingerprint density at radius 1 is 1.28 bits per heavy atom. The highest BCUT2D eigenvalue weighted by molar-refractivity contribution is 5.66. The Labute approximate surface area is 148 Å². The van der Waals surface area contributed by atoms with Gasteiger partial charge in [-0.1, -0.05) is 45.6 Å². The number of para-hydroxylation sites is 2. The maximum Gasteiger partial charge on any atom is 0.274 e. The van der Waals surface area contributed by atoms with Gasteiger partial charge in [-0.25, -0.2) is 0 Å². The van der Waals surface area contributed by atoms with E-state index in [9.17, 15) is 4.79 Å². The predicted octanol–water partition coefficient (Wildman–Crippen LogP) is 3.87. The normalized spacial score (nSPS) is 13.5. The van der Waals surface area contributed by atoms with E-state index < -0.39 is 0 Å². The molecule has 0 aliphatic carbocycles. The van der Waals surface area contributed by atoms with Gasteiger partial charge in [-0.15, -0.1) is 0 Å². The lowest BCUT2D eigenvalue weighted by molar-refractivity contribution is 0.445. The van der Waals surface area contributed by atoms with Crippen LogP contribution in [0.2, 0.25) is 0 Å². The summed E-state index contributed by atoms with van der Waals surface area (Å²) in [4.78, 5) is 14.7. The second kappa shape index (κ2) is 6.34. The topological polar surface area (TPSA) is 50.3 Å². The Balaban J connectivity index is 2.06. The third-order valence-corrected chi connectivity index (χ3v) is 4.27. The van der Waals surface area contributed by atoms with Gasteiger partial charge < -0.3 is 9.64 Å². The van der Waals surface area contributed by atoms with Crippen LogP contribution in [-0.4, -0.2) is 16.8 Å². The lowest BCUT2D eigenvalue weighted by Crippen LogP contribution is -2.17. The van der Waals surface area contributed by atoms with Gasteiger partial charge in [0.25, 0.3) is 5.56 Å². The Bertz CT molecular complexity index is 906. The highest BCUT2D eigenvalue weighted by atomic mass is 16.5. The molecule has 0 radical (unpaired) electrons. The lowest BCUT2D eigenvalue weighted by Gasteiger charge is -2.17. The van der Waals surface area contributed by atoms with Crippen molar-refractivity contribution in [2.45, 2.75) is 46.1 Å². The zero-order valence-electron chi connectivity index (χ0n) is 15.5. The molecule has 1 aliphatic heterocycles. The van der Waals surface area contributed by atoms with E-state index in [1.807, 2.05) is 36.2 Å². The van der Waals surface area contributed by atoms with Crippen LogP contribution in [0.3, 0.4) is 0 Å². The largest absolute Gasteiger partial charge is 0.432 e. The first-order valence-corrected chi connectivity index (χ1v) is 8.63. The van der Waals surface area contributed by atoms with Gasteiger partial charge >= 0.3 is 0 Å². The van der Waals surface area contributed by atoms with Crippen molar-refractivity contribution in [3.05, 3.63) is 57.5 Å². The maximum absolute atomic E-state index is 12.7. The molecule has 2 heterocycles. The van der Waals surface area contributed by atoms with Crippen molar-refractivity contribution in [2.75, 3.05) is 11.9 Å². The van der Waals surface area contributed by atoms with E-state index in [1.165, 1.54) is 0 Å². The first-order chi connectivity index (χ1) is 11.8. The van der Waals surface area contributed by atoms with E-state index in [0.717, 1.165) is 23.6 Å². The Morgan fingerprint density at radius 3 is 2.64 bits per heavy atom. The average molecular weight is 339 g/mol. The van der Waals surface area contributed by atoms with E-state index >= 15 is 0 Å². The van der Waals surface area contributed by atoms with E-state index in [2.05, 4.69) is 38.5 Å². The van der Waals surface area contributed by atoms with Crippen LogP contribution < -0.4 is 15.2 Å². The fraction of sp³-hybridized carbons (Fsp3) is 0.400. The molecule has 0 fully saturated rings. The molecule has 132 valence electrons. The standard InChI is InChI=1S/C20H25N3O2/c1-6-13-23-19(24)14(18(21-23)20(2,3)4)11-12-17-22(5)15-9-7-8-10-16(15)25-17/h7-11,21H,6,13H2,1-5H3. The minimum Gasteiger partial charge on any atom is -0.432 e. The van der Waals surface area contributed by atoms with Gasteiger partial charge in [0.2, 0.25) is 5.88 Å². The number of nitrogens with one attached hydrogen (secondary N) is 1. The zero-order valence-corrected chi connectivity index (χ0v) is 15.5. The molecule has 2 aromatic rings. The number of benzene rings is 1. The summed E-state index contributed by atoms with van der Waals surface area (Å²) in [5.74, 6) is 1.39. The third kappa shape index (κ3) is 3.15. The first-order valence-electron chi connectivity index (χ1n) is 8.63. The van der Waals surface area contributed by atoms with E-state index in [0.29, 0.717) is 18.0 Å². The Kier molecular flexibility index (Phi) is 4.36. The van der Waals surface area contributed by atoms with Gasteiger partial charge in [-0.3, -0.25) is 14.6 Å². The highest BCUT2D eigenvalue weighted by Gasteiger charge is 2.24. The Hall–Kier alpha value is -2.65. The summed E-state index contributed by atoms with van der Waals surface area (Å²) in [5.41, 5.74) is 5.53. The lowest BCUT2D eigenvalue weighted by atomic mass is 9.89. The number of aromatic amines is 1. The second-order valence-corrected chi connectivity index (χ2v) is 7.33. The van der Waals surface area contributed by atoms with E-state index in [-0.39, 0.29) is 11.0 Å². The molecule has 5 heteroatoms. The van der Waals surface area contributed by atoms with Crippen LogP contribution in [0.5, 0.6) is 5.75 Å². The molecule has 25 heavy (non-hydrogen) atoms. The number of nitrogens with zero attached hydrogens (tertiary/aromatic N) is 2. The van der Waals surface area contributed by atoms with Crippen LogP contribution in [0, 0.1) is 0 Å². The van der Waals surface area contributed by atoms with Crippen molar-refractivity contribution in [3.63, 3.8) is 0 Å². The minimum atomic E-state index is -0.165. The van der Waals surface area contributed by atoms with Gasteiger partial charge in [0.05, 0.1) is 16.9 Å². The predicted molar refractivity (Wildman–Crippen MR) is 101 cm³/mol. The van der Waals surface area contributed by atoms with E-state index in [4.69, 9.17) is 4.74 Å². The molecule has 0 unspecified atom stereocenters. The quantitative estimate of drug-likeness (QED) is 0.864. The second-order valence-electron chi connectivity index (χ2n) is 7.33. The summed E-state index contributed by atoms with van der Waals surface area (Å²) < 4.78 is 7.52. The summed E-state index contributed by atoms with van der Waals surface area (Å²) in [6, 6.07) is 7.83. The van der Waals surface area contributed by atoms with Crippen LogP contribution in [0.25, 0.3) is 6.08 Å². The van der Waals surface area contributed by atoms with Crippen LogP contribution in [0.4, 0.5) is 5.69 Å². The number of aromatic nitrogens is 2. The molecule has 0 saturated heterocycles. The third-order valence-electron chi connectivity index (χ3n) is 4.27. The molecule has 0 atom stereocenters. The van der Waals surface area contributed by atoms with Gasteiger partial charge in [0.1, 0.15) is 0 Å². The van der Waals surface area contributed by atoms with Gasteiger partial charge in [-0.05, 0) is 18.6 Å². The smallest absolute Gasteiger partial charge is 0.274 e. The molecule has 1 aliphatic rings. The number of rotatable bonds is 3. The van der Waals surface area contributed by atoms with Crippen molar-refractivity contribution in [3.8, 4) is 5.75 Å². The highest BCUT2D eigenvalue weighted by Crippen LogP contribution is 2.36. The number of hydrogen-bond acceptors (Lipinski definition) is 3. The van der Waals surface area contributed by atoms with Gasteiger partial charge in [0, 0.05) is 25.1 Å². The number of hydrogen-bond donors (Lipinski definition) is 1. The van der Waals surface area contributed by atoms with Crippen LogP contribution in [-0.2, 0) is 12.0 Å². The minimum absolute atomic E-state index is 0.0157. The molecule has 1 N–H and O–H groups in total. The van der Waals surface area contributed by atoms with Gasteiger partial charge in [0.15, 0.2) is 5.75 Å². The molecule has 3 rings (SSSR count). The molecule has 0 amide bonds. The van der Waals surface area contributed by atoms with Crippen LogP contribution in [0.15, 0.2) is 40.7 Å². The van der Waals surface area contributed by atoms with Crippen LogP contribution in [0.1, 0.15) is 45.4 Å². The molecule has 5 nitrogen and oxygen atoms in total. The summed E-state index contributed by atoms with van der Waals surface area (Å²) in [6.07, 6.45) is 2.64. The first kappa shape index (κ1) is 17.2. The van der Waals surface area contributed by atoms with Crippen molar-refractivity contribution in [1.29, 1.82) is 0 Å². The molecule has 0 saturated carbocycles. The number of ether oxygens (including phenoxy) is 1. The number of fused-ring (bicyclic) bond motifs is 1. The monoisotopic (exact) mass is 339 g/mol. The summed E-state index contributed by atoms with van der Waals surface area (Å²) in [6.45, 7) is 9.00. The summed E-state index contributed by atoms with van der Waals surface area (Å²) in [5, 5.41) is 3.26. The van der Waals surface area contributed by atoms with Crippen molar-refractivity contribution >= 4 is 11.8 Å². The fourth-order valence-electron chi connectivity index (χ4n) is 2.95. The summed E-state index contributed by atoms with van der Waals surface area (Å²) >= 11 is 0. The Morgan fingerprint density at radius 2 is 2.00 bits per heavy atom. The van der Waals surface area contributed by atoms with Crippen molar-refractivity contribution in [2.24, 2.45) is 0 Å². The number of anilines is 1. The number of H-pyrrole nitrogens is 1. The van der Waals surface area contributed by atoms with Crippen LogP contribution >= 0.6 is 0 Å². The molecular formula is C20H25N3O2. The molecule has 0 spiro atoms. The fourth-order valence-corrected chi connectivity index (χ4v) is 2.95. The molecule has 1 aromatic heterocycles. The van der Waals surface area contributed by atoms with Gasteiger partial charge in [-0.2, -0.15) is 0 Å². The maximum atomic E-state index is 12.7.